The smallest absolute Gasteiger partial charge is 0.305 e. The van der Waals surface area contributed by atoms with Crippen molar-refractivity contribution in [2.75, 3.05) is 13.2 Å². The molecule has 0 radical (unpaired) electrons. The Bertz CT molecular complexity index is 1360. The summed E-state index contributed by atoms with van der Waals surface area (Å²) >= 11 is 0. The summed E-state index contributed by atoms with van der Waals surface area (Å²) in [6, 6.07) is -0.627. The molecule has 0 rings (SSSR count). The molecule has 496 valence electrons. The van der Waals surface area contributed by atoms with Gasteiger partial charge < -0.3 is 20.3 Å². The SMILES string of the molecule is CCCCCCCCCCCCCCCCCCC/C=C/C(O)C(CO)NC(=O)CCCCCCCCCCCCCCCCCCC/C=C\C/C=C\CCCCCCCCCCCOC(=O)CCCCCCCCCCCCCCCCC. The van der Waals surface area contributed by atoms with Gasteiger partial charge >= 0.3 is 5.97 Å². The van der Waals surface area contributed by atoms with Crippen molar-refractivity contribution in [1.29, 1.82) is 0 Å². The molecule has 0 heterocycles. The molecule has 84 heavy (non-hydrogen) atoms. The number of aliphatic hydroxyl groups excluding tert-OH is 2. The first-order valence-corrected chi connectivity index (χ1v) is 38.3. The molecule has 0 saturated heterocycles. The van der Waals surface area contributed by atoms with Gasteiger partial charge in [-0.25, -0.2) is 0 Å². The van der Waals surface area contributed by atoms with Crippen LogP contribution in [0.2, 0.25) is 0 Å². The maximum absolute atomic E-state index is 12.5. The van der Waals surface area contributed by atoms with Crippen molar-refractivity contribution in [3.63, 3.8) is 0 Å². The monoisotopic (exact) mass is 1180 g/mol. The number of esters is 1. The van der Waals surface area contributed by atoms with Gasteiger partial charge in [0.1, 0.15) is 0 Å². The molecule has 1 amide bonds. The molecular formula is C78H149NO5. The van der Waals surface area contributed by atoms with Crippen LogP contribution in [0.4, 0.5) is 0 Å². The molecule has 0 aromatic heterocycles. The fourth-order valence-electron chi connectivity index (χ4n) is 12.1. The van der Waals surface area contributed by atoms with Crippen LogP contribution in [0.25, 0.3) is 0 Å². The summed E-state index contributed by atoms with van der Waals surface area (Å²) in [6.45, 7) is 4.95. The Morgan fingerprint density at radius 3 is 0.905 bits per heavy atom. The molecule has 2 atom stereocenters. The minimum Gasteiger partial charge on any atom is -0.466 e. The van der Waals surface area contributed by atoms with E-state index in [9.17, 15) is 19.8 Å². The Balaban J connectivity index is 3.39. The zero-order chi connectivity index (χ0) is 60.6. The van der Waals surface area contributed by atoms with E-state index in [1.54, 1.807) is 6.08 Å². The molecule has 0 fully saturated rings. The van der Waals surface area contributed by atoms with Gasteiger partial charge in [0, 0.05) is 12.8 Å². The van der Waals surface area contributed by atoms with Gasteiger partial charge in [-0.3, -0.25) is 9.59 Å². The molecule has 6 nitrogen and oxygen atoms in total. The summed E-state index contributed by atoms with van der Waals surface area (Å²) in [5.74, 6) is -0.0448. The predicted molar refractivity (Wildman–Crippen MR) is 370 cm³/mol. The van der Waals surface area contributed by atoms with Crippen LogP contribution in [0.3, 0.4) is 0 Å². The Hall–Kier alpha value is -1.92. The quantitative estimate of drug-likeness (QED) is 0.0320. The van der Waals surface area contributed by atoms with Crippen molar-refractivity contribution in [2.24, 2.45) is 0 Å². The molecule has 0 saturated carbocycles. The Morgan fingerprint density at radius 1 is 0.333 bits per heavy atom. The Kier molecular flexibility index (Phi) is 71.9. The number of carbonyl (C=O) groups excluding carboxylic acids is 2. The highest BCUT2D eigenvalue weighted by Gasteiger charge is 2.18. The molecule has 0 aromatic rings. The summed E-state index contributed by atoms with van der Waals surface area (Å²) in [7, 11) is 0. The average molecular weight is 1180 g/mol. The Morgan fingerprint density at radius 2 is 0.595 bits per heavy atom. The number of carbonyl (C=O) groups is 2. The molecule has 0 aliphatic heterocycles. The van der Waals surface area contributed by atoms with Crippen LogP contribution in [0.5, 0.6) is 0 Å². The number of rotatable bonds is 72. The van der Waals surface area contributed by atoms with E-state index in [1.807, 2.05) is 6.08 Å². The zero-order valence-corrected chi connectivity index (χ0v) is 56.9. The molecule has 0 aliphatic rings. The third-order valence-corrected chi connectivity index (χ3v) is 17.9. The summed E-state index contributed by atoms with van der Waals surface area (Å²) in [6.07, 6.45) is 95.4. The van der Waals surface area contributed by atoms with E-state index in [2.05, 4.69) is 43.5 Å². The summed E-state index contributed by atoms with van der Waals surface area (Å²) in [5.41, 5.74) is 0. The number of allylic oxidation sites excluding steroid dienone is 5. The lowest BCUT2D eigenvalue weighted by atomic mass is 10.0. The van der Waals surface area contributed by atoms with Crippen LogP contribution >= 0.6 is 0 Å². The topological polar surface area (TPSA) is 95.9 Å². The largest absolute Gasteiger partial charge is 0.466 e. The molecule has 0 aromatic carbocycles. The predicted octanol–water partition coefficient (Wildman–Crippen LogP) is 25.0. The van der Waals surface area contributed by atoms with Gasteiger partial charge in [0.2, 0.25) is 5.91 Å². The van der Waals surface area contributed by atoms with Crippen LogP contribution < -0.4 is 5.32 Å². The second-order valence-electron chi connectivity index (χ2n) is 26.3. The molecule has 6 heteroatoms. The van der Waals surface area contributed by atoms with Gasteiger partial charge in [0.25, 0.3) is 0 Å². The second-order valence-corrected chi connectivity index (χ2v) is 26.3. The van der Waals surface area contributed by atoms with E-state index in [0.29, 0.717) is 19.4 Å². The standard InChI is InChI=1S/C78H149NO5/c1-3-5-7-9-11-13-15-17-19-20-36-39-43-46-50-54-58-62-66-70-76(81)75(74-80)79-77(82)71-67-63-59-55-51-47-44-40-37-34-32-30-28-26-24-22-21-23-25-27-29-31-33-35-38-41-45-49-53-57-61-65-69-73-84-78(83)72-68-64-60-56-52-48-42-18-16-14-12-10-8-6-4-2/h25,27,31,33,66,70,75-76,80-81H,3-24,26,28-30,32,34-65,67-69,71-74H2,1-2H3,(H,79,82)/b27-25-,33-31-,70-66+. The van der Waals surface area contributed by atoms with Crippen molar-refractivity contribution in [3.05, 3.63) is 36.5 Å². The lowest BCUT2D eigenvalue weighted by Gasteiger charge is -2.20. The van der Waals surface area contributed by atoms with Gasteiger partial charge in [-0.1, -0.05) is 384 Å². The molecular weight excluding hydrogens is 1030 g/mol. The first kappa shape index (κ1) is 82.1. The highest BCUT2D eigenvalue weighted by molar-refractivity contribution is 5.76. The first-order valence-electron chi connectivity index (χ1n) is 38.3. The summed E-state index contributed by atoms with van der Waals surface area (Å²) in [4.78, 5) is 24.6. The average Bonchev–Trinajstić information content (AvgIpc) is 3.52. The lowest BCUT2D eigenvalue weighted by Crippen LogP contribution is -2.45. The van der Waals surface area contributed by atoms with Crippen LogP contribution in [0, 0.1) is 0 Å². The maximum atomic E-state index is 12.5. The normalized spacial score (nSPS) is 12.7. The zero-order valence-electron chi connectivity index (χ0n) is 56.9. The minimum absolute atomic E-state index is 0.0175. The fourth-order valence-corrected chi connectivity index (χ4v) is 12.1. The lowest BCUT2D eigenvalue weighted by molar-refractivity contribution is -0.143. The van der Waals surface area contributed by atoms with Crippen LogP contribution in [0.1, 0.15) is 425 Å². The minimum atomic E-state index is -0.844. The van der Waals surface area contributed by atoms with E-state index in [0.717, 1.165) is 44.9 Å². The number of amides is 1. The van der Waals surface area contributed by atoms with Gasteiger partial charge in [-0.15, -0.1) is 0 Å². The number of ether oxygens (including phenoxy) is 1. The molecule has 0 aliphatic carbocycles. The van der Waals surface area contributed by atoms with Gasteiger partial charge in [0.05, 0.1) is 25.4 Å². The number of unbranched alkanes of at least 4 members (excludes halogenated alkanes) is 57. The number of hydrogen-bond acceptors (Lipinski definition) is 5. The van der Waals surface area contributed by atoms with Crippen molar-refractivity contribution in [2.45, 2.75) is 437 Å². The second kappa shape index (κ2) is 73.5. The van der Waals surface area contributed by atoms with Crippen LogP contribution in [-0.4, -0.2) is 47.4 Å². The Labute approximate surface area is 525 Å². The van der Waals surface area contributed by atoms with Crippen molar-refractivity contribution >= 4 is 11.9 Å². The van der Waals surface area contributed by atoms with Gasteiger partial charge in [0.15, 0.2) is 0 Å². The molecule has 2 unspecified atom stereocenters. The fraction of sp³-hybridized carbons (Fsp3) is 0.897. The molecule has 3 N–H and O–H groups in total. The summed E-state index contributed by atoms with van der Waals surface area (Å²) in [5, 5.41) is 23.2. The summed E-state index contributed by atoms with van der Waals surface area (Å²) < 4.78 is 5.50. The van der Waals surface area contributed by atoms with Gasteiger partial charge in [-0.2, -0.15) is 0 Å². The third-order valence-electron chi connectivity index (χ3n) is 17.9. The third kappa shape index (κ3) is 69.2. The maximum Gasteiger partial charge on any atom is 0.305 e. The van der Waals surface area contributed by atoms with E-state index >= 15 is 0 Å². The first-order chi connectivity index (χ1) is 41.5. The van der Waals surface area contributed by atoms with Crippen LogP contribution in [0.15, 0.2) is 36.5 Å². The number of hydrogen-bond donors (Lipinski definition) is 3. The highest BCUT2D eigenvalue weighted by atomic mass is 16.5. The van der Waals surface area contributed by atoms with Crippen molar-refractivity contribution in [1.82, 2.24) is 5.32 Å². The van der Waals surface area contributed by atoms with E-state index in [-0.39, 0.29) is 18.5 Å². The number of aliphatic hydroxyl groups is 2. The molecule has 0 spiro atoms. The number of nitrogens with one attached hydrogen (secondary N) is 1. The molecule has 0 bridgehead atoms. The van der Waals surface area contributed by atoms with E-state index in [4.69, 9.17) is 4.74 Å². The van der Waals surface area contributed by atoms with Crippen molar-refractivity contribution < 1.29 is 24.5 Å². The van der Waals surface area contributed by atoms with Crippen molar-refractivity contribution in [3.8, 4) is 0 Å². The highest BCUT2D eigenvalue weighted by Crippen LogP contribution is 2.19. The van der Waals surface area contributed by atoms with Gasteiger partial charge in [-0.05, 0) is 64.2 Å². The van der Waals surface area contributed by atoms with E-state index < -0.39 is 12.1 Å². The van der Waals surface area contributed by atoms with E-state index in [1.165, 1.54) is 353 Å². The van der Waals surface area contributed by atoms with Crippen LogP contribution in [-0.2, 0) is 14.3 Å².